The smallest absolute Gasteiger partial charge is 0.348 e. The Morgan fingerprint density at radius 1 is 1.27 bits per heavy atom. The lowest BCUT2D eigenvalue weighted by Crippen LogP contribution is -2.31. The Morgan fingerprint density at radius 2 is 2.05 bits per heavy atom. The lowest BCUT2D eigenvalue weighted by Gasteiger charge is -2.14. The summed E-state index contributed by atoms with van der Waals surface area (Å²) in [6, 6.07) is 10.1. The number of ether oxygens (including phenoxy) is 1. The molecule has 0 radical (unpaired) electrons. The van der Waals surface area contributed by atoms with Gasteiger partial charge in [-0.3, -0.25) is 4.79 Å². The molecule has 0 unspecified atom stereocenters. The first-order valence-corrected chi connectivity index (χ1v) is 8.00. The van der Waals surface area contributed by atoms with Crippen molar-refractivity contribution in [2.24, 2.45) is 0 Å². The highest BCUT2D eigenvalue weighted by molar-refractivity contribution is 7.17. The van der Waals surface area contributed by atoms with E-state index < -0.39 is 5.97 Å². The van der Waals surface area contributed by atoms with Gasteiger partial charge in [-0.2, -0.15) is 0 Å². The van der Waals surface area contributed by atoms with E-state index >= 15 is 0 Å². The Balaban J connectivity index is 1.84. The summed E-state index contributed by atoms with van der Waals surface area (Å²) in [7, 11) is 0. The van der Waals surface area contributed by atoms with Crippen LogP contribution in [0.3, 0.4) is 0 Å². The van der Waals surface area contributed by atoms with Crippen LogP contribution in [0, 0.1) is 0 Å². The molecule has 0 bridgehead atoms. The maximum atomic E-state index is 11.8. The molecule has 4 nitrogen and oxygen atoms in total. The van der Waals surface area contributed by atoms with Crippen LogP contribution in [-0.2, 0) is 9.53 Å². The number of amides is 1. The Morgan fingerprint density at radius 3 is 2.68 bits per heavy atom. The van der Waals surface area contributed by atoms with Gasteiger partial charge in [-0.1, -0.05) is 35.3 Å². The highest BCUT2D eigenvalue weighted by Crippen LogP contribution is 2.22. The van der Waals surface area contributed by atoms with Crippen molar-refractivity contribution >= 4 is 46.4 Å². The van der Waals surface area contributed by atoms with Crippen LogP contribution in [0.1, 0.15) is 28.2 Å². The van der Waals surface area contributed by atoms with Gasteiger partial charge in [0.25, 0.3) is 5.91 Å². The minimum atomic E-state index is -0.567. The van der Waals surface area contributed by atoms with Crippen LogP contribution in [0.2, 0.25) is 9.36 Å². The van der Waals surface area contributed by atoms with Crippen molar-refractivity contribution in [3.05, 3.63) is 56.2 Å². The SMILES string of the molecule is C[C@@H](NC(=O)COC(=O)c1ccc(Cl)s1)c1cccc(Cl)c1. The lowest BCUT2D eigenvalue weighted by molar-refractivity contribution is -0.124. The van der Waals surface area contributed by atoms with E-state index in [0.29, 0.717) is 14.2 Å². The van der Waals surface area contributed by atoms with E-state index in [9.17, 15) is 9.59 Å². The Labute approximate surface area is 142 Å². The normalized spacial score (nSPS) is 11.8. The lowest BCUT2D eigenvalue weighted by atomic mass is 10.1. The predicted octanol–water partition coefficient (Wildman–Crippen LogP) is 4.09. The van der Waals surface area contributed by atoms with Crippen molar-refractivity contribution in [1.82, 2.24) is 5.32 Å². The topological polar surface area (TPSA) is 55.4 Å². The summed E-state index contributed by atoms with van der Waals surface area (Å²) in [6.07, 6.45) is 0. The fourth-order valence-electron chi connectivity index (χ4n) is 1.77. The third-order valence-electron chi connectivity index (χ3n) is 2.83. The molecule has 22 heavy (non-hydrogen) atoms. The fraction of sp³-hybridized carbons (Fsp3) is 0.200. The molecule has 1 heterocycles. The number of hydrogen-bond acceptors (Lipinski definition) is 4. The molecule has 0 fully saturated rings. The highest BCUT2D eigenvalue weighted by Gasteiger charge is 2.14. The summed E-state index contributed by atoms with van der Waals surface area (Å²) in [5.41, 5.74) is 0.872. The Bertz CT molecular complexity index is 687. The molecule has 1 atom stereocenters. The van der Waals surface area contributed by atoms with Crippen LogP contribution in [0.25, 0.3) is 0 Å². The van der Waals surface area contributed by atoms with E-state index in [2.05, 4.69) is 5.32 Å². The van der Waals surface area contributed by atoms with Crippen LogP contribution in [0.15, 0.2) is 36.4 Å². The molecule has 0 saturated heterocycles. The number of carbonyl (C=O) groups is 2. The van der Waals surface area contributed by atoms with Gasteiger partial charge in [0.05, 0.1) is 10.4 Å². The minimum Gasteiger partial charge on any atom is -0.451 e. The molecule has 7 heteroatoms. The average molecular weight is 358 g/mol. The largest absolute Gasteiger partial charge is 0.451 e. The maximum absolute atomic E-state index is 11.8. The molecule has 2 aromatic rings. The summed E-state index contributed by atoms with van der Waals surface area (Å²) >= 11 is 12.7. The van der Waals surface area contributed by atoms with Gasteiger partial charge in [-0.15, -0.1) is 11.3 Å². The van der Waals surface area contributed by atoms with E-state index in [1.165, 1.54) is 0 Å². The zero-order valence-corrected chi connectivity index (χ0v) is 14.0. The van der Waals surface area contributed by atoms with Crippen LogP contribution in [0.4, 0.5) is 0 Å². The summed E-state index contributed by atoms with van der Waals surface area (Å²) in [5.74, 6) is -0.953. The van der Waals surface area contributed by atoms with Gasteiger partial charge in [-0.05, 0) is 36.8 Å². The van der Waals surface area contributed by atoms with E-state index in [0.717, 1.165) is 16.9 Å². The molecule has 0 aliphatic rings. The van der Waals surface area contributed by atoms with Crippen molar-refractivity contribution in [3.8, 4) is 0 Å². The fourth-order valence-corrected chi connectivity index (χ4v) is 2.90. The number of hydrogen-bond donors (Lipinski definition) is 1. The second kappa shape index (κ2) is 7.63. The van der Waals surface area contributed by atoms with Crippen molar-refractivity contribution < 1.29 is 14.3 Å². The second-order valence-electron chi connectivity index (χ2n) is 4.52. The first-order chi connectivity index (χ1) is 10.5. The molecule has 1 aromatic carbocycles. The standard InChI is InChI=1S/C15H13Cl2NO3S/c1-9(10-3-2-4-11(16)7-10)18-14(19)8-21-15(20)12-5-6-13(17)22-12/h2-7,9H,8H2,1H3,(H,18,19)/t9-/m1/s1. The molecule has 1 amide bonds. The van der Waals surface area contributed by atoms with Crippen molar-refractivity contribution in [2.75, 3.05) is 6.61 Å². The molecular formula is C15H13Cl2NO3S. The third-order valence-corrected chi connectivity index (χ3v) is 4.28. The Hall–Kier alpha value is -1.56. The van der Waals surface area contributed by atoms with Crippen molar-refractivity contribution in [1.29, 1.82) is 0 Å². The molecule has 2 rings (SSSR count). The molecule has 1 N–H and O–H groups in total. The van der Waals surface area contributed by atoms with Crippen LogP contribution in [-0.4, -0.2) is 18.5 Å². The molecule has 0 spiro atoms. The number of nitrogens with one attached hydrogen (secondary N) is 1. The second-order valence-corrected chi connectivity index (χ2v) is 6.68. The van der Waals surface area contributed by atoms with E-state index in [1.54, 1.807) is 30.3 Å². The Kier molecular flexibility index (Phi) is 5.83. The number of carbonyl (C=O) groups excluding carboxylic acids is 2. The predicted molar refractivity (Wildman–Crippen MR) is 87.6 cm³/mol. The van der Waals surface area contributed by atoms with E-state index in [-0.39, 0.29) is 18.6 Å². The van der Waals surface area contributed by atoms with Crippen molar-refractivity contribution in [2.45, 2.75) is 13.0 Å². The van der Waals surface area contributed by atoms with Gasteiger partial charge in [0.2, 0.25) is 0 Å². The van der Waals surface area contributed by atoms with Crippen LogP contribution >= 0.6 is 34.5 Å². The molecule has 0 aliphatic carbocycles. The zero-order valence-electron chi connectivity index (χ0n) is 11.6. The molecular weight excluding hydrogens is 345 g/mol. The van der Waals surface area contributed by atoms with Gasteiger partial charge in [0, 0.05) is 5.02 Å². The average Bonchev–Trinajstić information content (AvgIpc) is 2.91. The van der Waals surface area contributed by atoms with Crippen LogP contribution < -0.4 is 5.32 Å². The molecule has 1 aromatic heterocycles. The molecule has 0 saturated carbocycles. The zero-order chi connectivity index (χ0) is 16.1. The van der Waals surface area contributed by atoms with Gasteiger partial charge in [-0.25, -0.2) is 4.79 Å². The monoisotopic (exact) mass is 357 g/mol. The quantitative estimate of drug-likeness (QED) is 0.819. The molecule has 0 aliphatic heterocycles. The summed E-state index contributed by atoms with van der Waals surface area (Å²) in [4.78, 5) is 23.9. The van der Waals surface area contributed by atoms with Gasteiger partial charge < -0.3 is 10.1 Å². The number of rotatable bonds is 5. The number of benzene rings is 1. The van der Waals surface area contributed by atoms with E-state index in [4.69, 9.17) is 27.9 Å². The third kappa shape index (κ3) is 4.73. The summed E-state index contributed by atoms with van der Waals surface area (Å²) in [6.45, 7) is 1.48. The first-order valence-electron chi connectivity index (χ1n) is 6.43. The van der Waals surface area contributed by atoms with Gasteiger partial charge >= 0.3 is 5.97 Å². The number of halogens is 2. The van der Waals surface area contributed by atoms with Crippen LogP contribution in [0.5, 0.6) is 0 Å². The first kappa shape index (κ1) is 16.8. The van der Waals surface area contributed by atoms with Gasteiger partial charge in [0.15, 0.2) is 6.61 Å². The highest BCUT2D eigenvalue weighted by atomic mass is 35.5. The minimum absolute atomic E-state index is 0.235. The summed E-state index contributed by atoms with van der Waals surface area (Å²) in [5, 5.41) is 3.33. The number of esters is 1. The van der Waals surface area contributed by atoms with Gasteiger partial charge in [0.1, 0.15) is 4.88 Å². The van der Waals surface area contributed by atoms with Crippen molar-refractivity contribution in [3.63, 3.8) is 0 Å². The summed E-state index contributed by atoms with van der Waals surface area (Å²) < 4.78 is 5.43. The molecule has 116 valence electrons. The maximum Gasteiger partial charge on any atom is 0.348 e. The van der Waals surface area contributed by atoms with E-state index in [1.807, 2.05) is 13.0 Å². The number of thiophene rings is 1.